The Morgan fingerprint density at radius 1 is 1.15 bits per heavy atom. The third-order valence-electron chi connectivity index (χ3n) is 4.15. The van der Waals surface area contributed by atoms with E-state index in [1.807, 2.05) is 54.6 Å². The van der Waals surface area contributed by atoms with Gasteiger partial charge in [0.05, 0.1) is 7.11 Å². The molecule has 0 saturated heterocycles. The van der Waals surface area contributed by atoms with Crippen molar-refractivity contribution in [3.8, 4) is 5.75 Å². The van der Waals surface area contributed by atoms with Crippen molar-refractivity contribution in [1.82, 2.24) is 0 Å². The second kappa shape index (κ2) is 4.67. The van der Waals surface area contributed by atoms with E-state index in [1.165, 1.54) is 0 Å². The van der Waals surface area contributed by atoms with Gasteiger partial charge in [-0.1, -0.05) is 42.5 Å². The largest absolute Gasteiger partial charge is 0.497 e. The Morgan fingerprint density at radius 2 is 1.80 bits per heavy atom. The van der Waals surface area contributed by atoms with Crippen molar-refractivity contribution in [2.24, 2.45) is 0 Å². The van der Waals surface area contributed by atoms with Gasteiger partial charge in [0.15, 0.2) is 0 Å². The van der Waals surface area contributed by atoms with Gasteiger partial charge in [-0.15, -0.1) is 0 Å². The van der Waals surface area contributed by atoms with Gasteiger partial charge in [0.2, 0.25) is 0 Å². The zero-order valence-electron chi connectivity index (χ0n) is 11.2. The van der Waals surface area contributed by atoms with E-state index >= 15 is 0 Å². The van der Waals surface area contributed by atoms with Crippen LogP contribution in [0.1, 0.15) is 23.5 Å². The first-order valence-corrected chi connectivity index (χ1v) is 6.61. The van der Waals surface area contributed by atoms with E-state index in [4.69, 9.17) is 4.74 Å². The molecule has 1 fully saturated rings. The number of aliphatic carboxylic acids is 1. The summed E-state index contributed by atoms with van der Waals surface area (Å²) in [7, 11) is 1.60. The first-order chi connectivity index (χ1) is 9.68. The van der Waals surface area contributed by atoms with Gasteiger partial charge in [0.25, 0.3) is 0 Å². The number of benzene rings is 2. The molecule has 0 aliphatic heterocycles. The monoisotopic (exact) mass is 268 g/mol. The van der Waals surface area contributed by atoms with Gasteiger partial charge >= 0.3 is 5.97 Å². The Hall–Kier alpha value is -2.29. The summed E-state index contributed by atoms with van der Waals surface area (Å²) < 4.78 is 5.13. The standard InChI is InChI=1S/C17H16O3/c1-20-14-9-7-13(8-10-14)17(16(18)19)11-15(17)12-5-3-2-4-6-12/h2-10,15H,11H2,1H3,(H,18,19). The van der Waals surface area contributed by atoms with Crippen LogP contribution in [-0.4, -0.2) is 18.2 Å². The normalized spacial score (nSPS) is 24.1. The molecule has 2 atom stereocenters. The third-order valence-corrected chi connectivity index (χ3v) is 4.15. The molecular weight excluding hydrogens is 252 g/mol. The Morgan fingerprint density at radius 3 is 2.35 bits per heavy atom. The summed E-state index contributed by atoms with van der Waals surface area (Å²) in [6.07, 6.45) is 0.651. The zero-order valence-corrected chi connectivity index (χ0v) is 11.2. The van der Waals surface area contributed by atoms with E-state index < -0.39 is 11.4 Å². The van der Waals surface area contributed by atoms with Gasteiger partial charge < -0.3 is 9.84 Å². The van der Waals surface area contributed by atoms with Crippen LogP contribution in [-0.2, 0) is 10.2 Å². The molecule has 3 rings (SSSR count). The minimum absolute atomic E-state index is 0.0506. The van der Waals surface area contributed by atoms with Crippen molar-refractivity contribution in [2.75, 3.05) is 7.11 Å². The fourth-order valence-corrected chi connectivity index (χ4v) is 2.92. The van der Waals surface area contributed by atoms with Crippen molar-refractivity contribution in [1.29, 1.82) is 0 Å². The van der Waals surface area contributed by atoms with Crippen LogP contribution >= 0.6 is 0 Å². The Bertz CT molecular complexity index is 618. The van der Waals surface area contributed by atoms with Crippen LogP contribution in [0.3, 0.4) is 0 Å². The summed E-state index contributed by atoms with van der Waals surface area (Å²) in [5, 5.41) is 9.68. The van der Waals surface area contributed by atoms with Gasteiger partial charge in [-0.25, -0.2) is 0 Å². The van der Waals surface area contributed by atoms with E-state index in [0.29, 0.717) is 6.42 Å². The number of methoxy groups -OCH3 is 1. The highest BCUT2D eigenvalue weighted by Gasteiger charge is 2.62. The number of hydrogen-bond donors (Lipinski definition) is 1. The lowest BCUT2D eigenvalue weighted by atomic mass is 9.91. The van der Waals surface area contributed by atoms with Crippen molar-refractivity contribution >= 4 is 5.97 Å². The van der Waals surface area contributed by atoms with Crippen LogP contribution in [0.5, 0.6) is 5.75 Å². The summed E-state index contributed by atoms with van der Waals surface area (Å²) in [4.78, 5) is 11.8. The fraction of sp³-hybridized carbons (Fsp3) is 0.235. The van der Waals surface area contributed by atoms with E-state index in [-0.39, 0.29) is 5.92 Å². The van der Waals surface area contributed by atoms with Crippen LogP contribution in [0.15, 0.2) is 54.6 Å². The molecule has 3 nitrogen and oxygen atoms in total. The van der Waals surface area contributed by atoms with Gasteiger partial charge in [0.1, 0.15) is 11.2 Å². The smallest absolute Gasteiger partial charge is 0.314 e. The quantitative estimate of drug-likeness (QED) is 0.926. The molecule has 1 N–H and O–H groups in total. The van der Waals surface area contributed by atoms with E-state index in [1.54, 1.807) is 7.11 Å². The molecule has 0 amide bonds. The lowest BCUT2D eigenvalue weighted by Crippen LogP contribution is -2.22. The van der Waals surface area contributed by atoms with Crippen LogP contribution in [0, 0.1) is 0 Å². The van der Waals surface area contributed by atoms with Crippen LogP contribution < -0.4 is 4.74 Å². The summed E-state index contributed by atoms with van der Waals surface area (Å²) in [5.41, 5.74) is 1.15. The zero-order chi connectivity index (χ0) is 14.2. The first-order valence-electron chi connectivity index (χ1n) is 6.61. The summed E-state index contributed by atoms with van der Waals surface area (Å²) in [6, 6.07) is 17.2. The first kappa shape index (κ1) is 12.7. The predicted molar refractivity (Wildman–Crippen MR) is 76.1 cm³/mol. The van der Waals surface area contributed by atoms with E-state index in [0.717, 1.165) is 16.9 Å². The second-order valence-corrected chi connectivity index (χ2v) is 5.17. The highest BCUT2D eigenvalue weighted by atomic mass is 16.5. The van der Waals surface area contributed by atoms with Crippen LogP contribution in [0.4, 0.5) is 0 Å². The Kier molecular flexibility index (Phi) is 2.97. The van der Waals surface area contributed by atoms with Crippen molar-refractivity contribution in [3.63, 3.8) is 0 Å². The predicted octanol–water partition coefficient (Wildman–Crippen LogP) is 3.21. The van der Waals surface area contributed by atoms with Crippen molar-refractivity contribution in [2.45, 2.75) is 17.8 Å². The molecule has 2 aromatic carbocycles. The number of carboxylic acid groups (broad SMARTS) is 1. The Labute approximate surface area is 117 Å². The van der Waals surface area contributed by atoms with E-state index in [2.05, 4.69) is 0 Å². The third kappa shape index (κ3) is 1.86. The molecule has 20 heavy (non-hydrogen) atoms. The van der Waals surface area contributed by atoms with Gasteiger partial charge in [-0.05, 0) is 29.7 Å². The maximum absolute atomic E-state index is 11.8. The number of ether oxygens (including phenoxy) is 1. The molecule has 102 valence electrons. The minimum Gasteiger partial charge on any atom is -0.497 e. The molecule has 0 heterocycles. The number of carboxylic acids is 1. The summed E-state index contributed by atoms with van der Waals surface area (Å²) in [6.45, 7) is 0. The maximum atomic E-state index is 11.8. The minimum atomic E-state index is -0.784. The number of carbonyl (C=O) groups is 1. The molecule has 0 bridgehead atoms. The molecule has 2 unspecified atom stereocenters. The van der Waals surface area contributed by atoms with Gasteiger partial charge in [0, 0.05) is 5.92 Å². The number of hydrogen-bond acceptors (Lipinski definition) is 2. The molecule has 3 heteroatoms. The van der Waals surface area contributed by atoms with Crippen LogP contribution in [0.2, 0.25) is 0 Å². The summed E-state index contributed by atoms with van der Waals surface area (Å²) >= 11 is 0. The highest BCUT2D eigenvalue weighted by Crippen LogP contribution is 2.60. The summed E-state index contributed by atoms with van der Waals surface area (Å²) in [5.74, 6) is 0.0392. The SMILES string of the molecule is COc1ccc(C2(C(=O)O)CC2c2ccccc2)cc1. The molecule has 1 saturated carbocycles. The van der Waals surface area contributed by atoms with Crippen molar-refractivity contribution < 1.29 is 14.6 Å². The molecule has 0 radical (unpaired) electrons. The molecule has 0 aromatic heterocycles. The average Bonchev–Trinajstić information content (AvgIpc) is 3.25. The second-order valence-electron chi connectivity index (χ2n) is 5.17. The average molecular weight is 268 g/mol. The number of rotatable bonds is 4. The lowest BCUT2D eigenvalue weighted by Gasteiger charge is -2.14. The molecule has 1 aliphatic carbocycles. The molecule has 0 spiro atoms. The Balaban J connectivity index is 1.97. The van der Waals surface area contributed by atoms with Crippen molar-refractivity contribution in [3.05, 3.63) is 65.7 Å². The molecule has 1 aliphatic rings. The maximum Gasteiger partial charge on any atom is 0.314 e. The van der Waals surface area contributed by atoms with E-state index in [9.17, 15) is 9.90 Å². The fourth-order valence-electron chi connectivity index (χ4n) is 2.92. The lowest BCUT2D eigenvalue weighted by molar-refractivity contribution is -0.140. The topological polar surface area (TPSA) is 46.5 Å². The molecule has 2 aromatic rings. The van der Waals surface area contributed by atoms with Gasteiger partial charge in [-0.2, -0.15) is 0 Å². The highest BCUT2D eigenvalue weighted by molar-refractivity contribution is 5.87. The van der Waals surface area contributed by atoms with Gasteiger partial charge in [-0.3, -0.25) is 4.79 Å². The van der Waals surface area contributed by atoms with Crippen LogP contribution in [0.25, 0.3) is 0 Å². The molecular formula is C17H16O3.